The minimum Gasteiger partial charge on any atom is -0.493 e. The van der Waals surface area contributed by atoms with Crippen molar-refractivity contribution in [2.24, 2.45) is 0 Å². The molecule has 1 aromatic heterocycles. The average molecular weight is 291 g/mol. The van der Waals surface area contributed by atoms with E-state index in [4.69, 9.17) is 9.47 Å². The summed E-state index contributed by atoms with van der Waals surface area (Å²) in [6.45, 7) is 3.09. The van der Waals surface area contributed by atoms with Crippen LogP contribution in [0.5, 0.6) is 11.5 Å². The van der Waals surface area contributed by atoms with E-state index in [0.29, 0.717) is 6.04 Å². The Morgan fingerprint density at radius 2 is 1.95 bits per heavy atom. The van der Waals surface area contributed by atoms with Crippen LogP contribution in [-0.2, 0) is 6.42 Å². The summed E-state index contributed by atoms with van der Waals surface area (Å²) in [5, 5.41) is 5.66. The van der Waals surface area contributed by atoms with E-state index in [0.717, 1.165) is 24.5 Å². The van der Waals surface area contributed by atoms with Gasteiger partial charge in [0.25, 0.3) is 0 Å². The molecule has 2 aromatic rings. The molecule has 1 N–H and O–H groups in total. The molecular weight excluding hydrogens is 270 g/mol. The van der Waals surface area contributed by atoms with Crippen molar-refractivity contribution in [2.45, 2.75) is 19.4 Å². The lowest BCUT2D eigenvalue weighted by Crippen LogP contribution is -2.22. The molecule has 0 radical (unpaired) electrons. The first kappa shape index (κ1) is 14.9. The van der Waals surface area contributed by atoms with Gasteiger partial charge in [-0.05, 0) is 42.1 Å². The highest BCUT2D eigenvalue weighted by Gasteiger charge is 2.13. The summed E-state index contributed by atoms with van der Waals surface area (Å²) < 4.78 is 10.6. The number of likely N-dealkylation sites (N-methyl/N-ethyl adjacent to an activating group) is 1. The first-order chi connectivity index (χ1) is 9.78. The molecule has 1 unspecified atom stereocenters. The molecule has 0 bridgehead atoms. The van der Waals surface area contributed by atoms with Gasteiger partial charge in [0, 0.05) is 10.9 Å². The van der Waals surface area contributed by atoms with Crippen molar-refractivity contribution in [3.05, 3.63) is 46.2 Å². The molecule has 0 amide bonds. The van der Waals surface area contributed by atoms with Crippen LogP contribution in [-0.4, -0.2) is 20.8 Å². The highest BCUT2D eigenvalue weighted by atomic mass is 32.1. The van der Waals surface area contributed by atoms with Gasteiger partial charge < -0.3 is 14.8 Å². The van der Waals surface area contributed by atoms with E-state index >= 15 is 0 Å². The van der Waals surface area contributed by atoms with Crippen LogP contribution in [0.1, 0.15) is 23.4 Å². The second-order valence-electron chi connectivity index (χ2n) is 4.52. The van der Waals surface area contributed by atoms with E-state index in [1.165, 1.54) is 10.4 Å². The number of ether oxygens (including phenoxy) is 2. The Morgan fingerprint density at radius 3 is 2.55 bits per heavy atom. The molecular formula is C16H21NO2S. The Bertz CT molecular complexity index is 525. The number of nitrogens with one attached hydrogen (secondary N) is 1. The zero-order valence-electron chi connectivity index (χ0n) is 12.2. The number of thiophene rings is 1. The standard InChI is InChI=1S/C16H21NO2S/c1-4-17-13(16-6-5-9-20-16)10-12-7-8-14(18-2)15(11-12)19-3/h5-9,11,13,17H,4,10H2,1-3H3. The third-order valence-electron chi connectivity index (χ3n) is 3.22. The molecule has 0 aliphatic rings. The zero-order valence-corrected chi connectivity index (χ0v) is 13.0. The lowest BCUT2D eigenvalue weighted by molar-refractivity contribution is 0.354. The van der Waals surface area contributed by atoms with Crippen LogP contribution in [0.2, 0.25) is 0 Å². The third kappa shape index (κ3) is 3.52. The van der Waals surface area contributed by atoms with Gasteiger partial charge in [-0.2, -0.15) is 0 Å². The van der Waals surface area contributed by atoms with Crippen LogP contribution in [0.25, 0.3) is 0 Å². The number of methoxy groups -OCH3 is 2. The normalized spacial score (nSPS) is 12.2. The van der Waals surface area contributed by atoms with Gasteiger partial charge in [-0.1, -0.05) is 19.1 Å². The predicted molar refractivity (Wildman–Crippen MR) is 84.0 cm³/mol. The molecule has 1 atom stereocenters. The number of hydrogen-bond donors (Lipinski definition) is 1. The van der Waals surface area contributed by atoms with E-state index < -0.39 is 0 Å². The van der Waals surface area contributed by atoms with E-state index in [1.807, 2.05) is 6.07 Å². The summed E-state index contributed by atoms with van der Waals surface area (Å²) >= 11 is 1.79. The number of rotatable bonds is 7. The summed E-state index contributed by atoms with van der Waals surface area (Å²) in [7, 11) is 3.33. The Labute approximate surface area is 124 Å². The van der Waals surface area contributed by atoms with Gasteiger partial charge in [-0.25, -0.2) is 0 Å². The molecule has 0 spiro atoms. The summed E-state index contributed by atoms with van der Waals surface area (Å²) in [6.07, 6.45) is 0.939. The van der Waals surface area contributed by atoms with Gasteiger partial charge in [-0.15, -0.1) is 11.3 Å². The second kappa shape index (κ2) is 7.31. The first-order valence-electron chi connectivity index (χ1n) is 6.76. The highest BCUT2D eigenvalue weighted by Crippen LogP contribution is 2.30. The second-order valence-corrected chi connectivity index (χ2v) is 5.50. The Hall–Kier alpha value is -1.52. The summed E-state index contributed by atoms with van der Waals surface area (Å²) in [5.41, 5.74) is 1.24. The monoisotopic (exact) mass is 291 g/mol. The SMILES string of the molecule is CCNC(Cc1ccc(OC)c(OC)c1)c1cccs1. The van der Waals surface area contributed by atoms with Gasteiger partial charge in [0.15, 0.2) is 11.5 Å². The van der Waals surface area contributed by atoms with Crippen molar-refractivity contribution in [3.63, 3.8) is 0 Å². The van der Waals surface area contributed by atoms with Crippen molar-refractivity contribution in [1.82, 2.24) is 5.32 Å². The smallest absolute Gasteiger partial charge is 0.160 e. The Kier molecular flexibility index (Phi) is 5.44. The number of benzene rings is 1. The van der Waals surface area contributed by atoms with Crippen molar-refractivity contribution >= 4 is 11.3 Å². The molecule has 0 aliphatic carbocycles. The Balaban J connectivity index is 2.18. The molecule has 0 aliphatic heterocycles. The highest BCUT2D eigenvalue weighted by molar-refractivity contribution is 7.10. The molecule has 0 saturated heterocycles. The summed E-state index contributed by atoms with van der Waals surface area (Å²) in [6, 6.07) is 10.7. The van der Waals surface area contributed by atoms with Gasteiger partial charge >= 0.3 is 0 Å². The van der Waals surface area contributed by atoms with E-state index in [1.54, 1.807) is 25.6 Å². The molecule has 20 heavy (non-hydrogen) atoms. The molecule has 108 valence electrons. The molecule has 4 heteroatoms. The molecule has 0 saturated carbocycles. The largest absolute Gasteiger partial charge is 0.493 e. The fourth-order valence-electron chi connectivity index (χ4n) is 2.25. The van der Waals surface area contributed by atoms with Gasteiger partial charge in [0.05, 0.1) is 14.2 Å². The zero-order chi connectivity index (χ0) is 14.4. The topological polar surface area (TPSA) is 30.5 Å². The van der Waals surface area contributed by atoms with Crippen molar-refractivity contribution in [1.29, 1.82) is 0 Å². The van der Waals surface area contributed by atoms with Crippen molar-refractivity contribution in [2.75, 3.05) is 20.8 Å². The van der Waals surface area contributed by atoms with Crippen molar-refractivity contribution < 1.29 is 9.47 Å². The fraction of sp³-hybridized carbons (Fsp3) is 0.375. The Morgan fingerprint density at radius 1 is 1.15 bits per heavy atom. The van der Waals surface area contributed by atoms with Crippen LogP contribution in [0.4, 0.5) is 0 Å². The molecule has 1 aromatic carbocycles. The van der Waals surface area contributed by atoms with Gasteiger partial charge in [-0.3, -0.25) is 0 Å². The predicted octanol–water partition coefficient (Wildman–Crippen LogP) is 3.66. The summed E-state index contributed by atoms with van der Waals surface area (Å²) in [5.74, 6) is 1.55. The van der Waals surface area contributed by atoms with Crippen LogP contribution in [0.3, 0.4) is 0 Å². The minimum absolute atomic E-state index is 0.345. The molecule has 3 nitrogen and oxygen atoms in total. The fourth-order valence-corrected chi connectivity index (χ4v) is 3.05. The van der Waals surface area contributed by atoms with Gasteiger partial charge in [0.1, 0.15) is 0 Å². The first-order valence-corrected chi connectivity index (χ1v) is 7.64. The van der Waals surface area contributed by atoms with Crippen LogP contribution in [0, 0.1) is 0 Å². The third-order valence-corrected chi connectivity index (χ3v) is 4.21. The van der Waals surface area contributed by atoms with Gasteiger partial charge in [0.2, 0.25) is 0 Å². The average Bonchev–Trinajstić information content (AvgIpc) is 3.00. The summed E-state index contributed by atoms with van der Waals surface area (Å²) in [4.78, 5) is 1.36. The van der Waals surface area contributed by atoms with E-state index in [2.05, 4.69) is 41.9 Å². The lowest BCUT2D eigenvalue weighted by Gasteiger charge is -2.17. The maximum absolute atomic E-state index is 5.37. The minimum atomic E-state index is 0.345. The molecule has 0 fully saturated rings. The van der Waals surface area contributed by atoms with Crippen molar-refractivity contribution in [3.8, 4) is 11.5 Å². The molecule has 1 heterocycles. The maximum Gasteiger partial charge on any atom is 0.160 e. The maximum atomic E-state index is 5.37. The lowest BCUT2D eigenvalue weighted by atomic mass is 10.0. The molecule has 2 rings (SSSR count). The number of hydrogen-bond acceptors (Lipinski definition) is 4. The van der Waals surface area contributed by atoms with Crippen LogP contribution >= 0.6 is 11.3 Å². The quantitative estimate of drug-likeness (QED) is 0.844. The van der Waals surface area contributed by atoms with Crippen LogP contribution < -0.4 is 14.8 Å². The van der Waals surface area contributed by atoms with E-state index in [9.17, 15) is 0 Å². The van der Waals surface area contributed by atoms with Crippen LogP contribution in [0.15, 0.2) is 35.7 Å². The van der Waals surface area contributed by atoms with E-state index in [-0.39, 0.29) is 0 Å².